The minimum absolute atomic E-state index is 0. The van der Waals surface area contributed by atoms with Crippen LogP contribution in [0.4, 0.5) is 0 Å². The Morgan fingerprint density at radius 3 is 1.89 bits per heavy atom. The molecule has 1 aliphatic carbocycles. The molecule has 0 spiro atoms. The lowest BCUT2D eigenvalue weighted by atomic mass is 9.91. The van der Waals surface area contributed by atoms with E-state index < -0.39 is 0 Å². The van der Waals surface area contributed by atoms with E-state index in [1.807, 2.05) is 26.0 Å². The largest absolute Gasteiger partial charge is 0.398 e. The summed E-state index contributed by atoms with van der Waals surface area (Å²) in [5.74, 6) is 1.09. The van der Waals surface area contributed by atoms with Gasteiger partial charge in [0.1, 0.15) is 0 Å². The molecule has 1 aromatic rings. The van der Waals surface area contributed by atoms with E-state index in [9.17, 15) is 4.79 Å². The summed E-state index contributed by atoms with van der Waals surface area (Å²) in [5, 5.41) is 0. The fourth-order valence-corrected chi connectivity index (χ4v) is 3.33. The first-order chi connectivity index (χ1) is 12.8. The minimum atomic E-state index is 0. The smallest absolute Gasteiger partial charge is 0.159 e. The van der Waals surface area contributed by atoms with Crippen molar-refractivity contribution in [1.82, 2.24) is 0 Å². The number of hydrogen-bond acceptors (Lipinski definition) is 2. The van der Waals surface area contributed by atoms with Gasteiger partial charge < -0.3 is 5.73 Å². The zero-order chi connectivity index (χ0) is 20.4. The number of nitrogens with two attached hydrogens (primary N) is 1. The van der Waals surface area contributed by atoms with Crippen LogP contribution in [0.2, 0.25) is 0 Å². The van der Waals surface area contributed by atoms with E-state index >= 15 is 0 Å². The van der Waals surface area contributed by atoms with E-state index in [0.29, 0.717) is 11.3 Å². The fraction of sp³-hybridized carbons (Fsp3) is 0.423. The van der Waals surface area contributed by atoms with Crippen molar-refractivity contribution in [2.24, 2.45) is 11.7 Å². The van der Waals surface area contributed by atoms with Crippen LogP contribution in [0.5, 0.6) is 0 Å². The first-order valence-electron chi connectivity index (χ1n) is 9.84. The molecule has 1 saturated carbocycles. The summed E-state index contributed by atoms with van der Waals surface area (Å²) in [4.78, 5) is 11.3. The van der Waals surface area contributed by atoms with E-state index in [4.69, 9.17) is 5.73 Å². The molecule has 2 nitrogen and oxygen atoms in total. The highest BCUT2D eigenvalue weighted by atomic mass is 16.1. The standard InChI is InChI=1S/C18H21NO.C7H14.CH4/c1-6-7-17(19)18(12(2)3)13(4)15-8-10-16(11-9-15)14(5)20;1-7-5-3-2-4-6-7;/h6-11H,1,4,19H2,2-3,5H3;7H,2-6H2,1H3;1H4/b17-7+;;. The van der Waals surface area contributed by atoms with Crippen molar-refractivity contribution in [2.75, 3.05) is 0 Å². The van der Waals surface area contributed by atoms with E-state index in [2.05, 4.69) is 20.1 Å². The molecule has 154 valence electrons. The molecular formula is C26H39NO. The maximum atomic E-state index is 11.3. The van der Waals surface area contributed by atoms with Gasteiger partial charge in [-0.3, -0.25) is 4.79 Å². The second-order valence-corrected chi connectivity index (χ2v) is 7.59. The molecule has 2 heteroatoms. The SMILES string of the molecule is C.C=C/C=C(/N)C(C(=C)c1ccc(C(C)=O)cc1)=C(C)C.CC1CCCCC1. The lowest BCUT2D eigenvalue weighted by molar-refractivity contribution is 0.101. The van der Waals surface area contributed by atoms with Crippen molar-refractivity contribution in [3.63, 3.8) is 0 Å². The lowest BCUT2D eigenvalue weighted by Gasteiger charge is -2.15. The summed E-state index contributed by atoms with van der Waals surface area (Å²) in [6.45, 7) is 15.7. The zero-order valence-electron chi connectivity index (χ0n) is 17.5. The van der Waals surface area contributed by atoms with Crippen LogP contribution >= 0.6 is 0 Å². The van der Waals surface area contributed by atoms with Gasteiger partial charge in [0.2, 0.25) is 0 Å². The number of rotatable bonds is 5. The Morgan fingerprint density at radius 1 is 1.04 bits per heavy atom. The normalized spacial score (nSPS) is 14.1. The molecular weight excluding hydrogens is 342 g/mol. The van der Waals surface area contributed by atoms with Crippen molar-refractivity contribution in [3.05, 3.63) is 77.5 Å². The Balaban J connectivity index is 0.000000765. The Hall–Kier alpha value is -2.35. The maximum Gasteiger partial charge on any atom is 0.159 e. The van der Waals surface area contributed by atoms with E-state index in [-0.39, 0.29) is 13.2 Å². The number of allylic oxidation sites excluding steroid dienone is 4. The van der Waals surface area contributed by atoms with Crippen LogP contribution in [-0.2, 0) is 0 Å². The van der Waals surface area contributed by atoms with Gasteiger partial charge in [-0.25, -0.2) is 0 Å². The highest BCUT2D eigenvalue weighted by Crippen LogP contribution is 2.28. The van der Waals surface area contributed by atoms with Gasteiger partial charge in [-0.05, 0) is 43.9 Å². The van der Waals surface area contributed by atoms with Gasteiger partial charge >= 0.3 is 0 Å². The summed E-state index contributed by atoms with van der Waals surface area (Å²) >= 11 is 0. The molecule has 28 heavy (non-hydrogen) atoms. The predicted molar refractivity (Wildman–Crippen MR) is 125 cm³/mol. The monoisotopic (exact) mass is 381 g/mol. The summed E-state index contributed by atoms with van der Waals surface area (Å²) < 4.78 is 0. The Morgan fingerprint density at radius 2 is 1.54 bits per heavy atom. The zero-order valence-corrected chi connectivity index (χ0v) is 17.5. The van der Waals surface area contributed by atoms with Crippen LogP contribution < -0.4 is 5.73 Å². The van der Waals surface area contributed by atoms with E-state index in [0.717, 1.165) is 28.2 Å². The maximum absolute atomic E-state index is 11.3. The van der Waals surface area contributed by atoms with Crippen molar-refractivity contribution in [3.8, 4) is 0 Å². The molecule has 1 fully saturated rings. The molecule has 0 atom stereocenters. The van der Waals surface area contributed by atoms with E-state index in [1.54, 1.807) is 31.2 Å². The van der Waals surface area contributed by atoms with Crippen LogP contribution in [-0.4, -0.2) is 5.78 Å². The van der Waals surface area contributed by atoms with Crippen molar-refractivity contribution < 1.29 is 4.79 Å². The summed E-state index contributed by atoms with van der Waals surface area (Å²) in [6, 6.07) is 7.39. The number of hydrogen-bond donors (Lipinski definition) is 1. The topological polar surface area (TPSA) is 43.1 Å². The van der Waals surface area contributed by atoms with Gasteiger partial charge in [-0.1, -0.05) is 95.5 Å². The Labute approximate surface area is 172 Å². The molecule has 0 unspecified atom stereocenters. The third-order valence-electron chi connectivity index (χ3n) is 4.92. The highest BCUT2D eigenvalue weighted by Gasteiger charge is 2.10. The van der Waals surface area contributed by atoms with E-state index in [1.165, 1.54) is 32.1 Å². The Kier molecular flexibility index (Phi) is 11.8. The average Bonchev–Trinajstić information content (AvgIpc) is 2.63. The summed E-state index contributed by atoms with van der Waals surface area (Å²) in [7, 11) is 0. The van der Waals surface area contributed by atoms with Crippen molar-refractivity contribution in [2.45, 2.75) is 67.2 Å². The molecule has 1 aromatic carbocycles. The number of benzene rings is 1. The molecule has 2 rings (SSSR count). The second-order valence-electron chi connectivity index (χ2n) is 7.59. The second kappa shape index (κ2) is 12.9. The van der Waals surface area contributed by atoms with Gasteiger partial charge in [0.15, 0.2) is 5.78 Å². The number of carbonyl (C=O) groups excluding carboxylic acids is 1. The molecule has 1 aliphatic rings. The fourth-order valence-electron chi connectivity index (χ4n) is 3.33. The molecule has 0 bridgehead atoms. The number of Topliss-reactive ketones (excluding diaryl/α,β-unsaturated/α-hetero) is 1. The first kappa shape index (κ1) is 25.7. The van der Waals surface area contributed by atoms with Gasteiger partial charge in [-0.15, -0.1) is 0 Å². The highest BCUT2D eigenvalue weighted by molar-refractivity contribution is 5.94. The van der Waals surface area contributed by atoms with Crippen LogP contribution in [0.3, 0.4) is 0 Å². The molecule has 0 radical (unpaired) electrons. The molecule has 2 N–H and O–H groups in total. The third-order valence-corrected chi connectivity index (χ3v) is 4.92. The van der Waals surface area contributed by atoms with Gasteiger partial charge in [0, 0.05) is 16.8 Å². The molecule has 0 heterocycles. The van der Waals surface area contributed by atoms with Crippen LogP contribution in [0, 0.1) is 5.92 Å². The number of ketones is 1. The summed E-state index contributed by atoms with van der Waals surface area (Å²) in [6.07, 6.45) is 10.9. The molecule has 0 saturated heterocycles. The lowest BCUT2D eigenvalue weighted by Crippen LogP contribution is -2.05. The molecule has 0 aliphatic heterocycles. The van der Waals surface area contributed by atoms with Gasteiger partial charge in [0.05, 0.1) is 0 Å². The molecule has 0 aromatic heterocycles. The van der Waals surface area contributed by atoms with Crippen LogP contribution in [0.25, 0.3) is 5.57 Å². The predicted octanol–water partition coefficient (Wildman–Crippen LogP) is 7.49. The van der Waals surface area contributed by atoms with Crippen molar-refractivity contribution >= 4 is 11.4 Å². The quantitative estimate of drug-likeness (QED) is 0.424. The van der Waals surface area contributed by atoms with Crippen LogP contribution in [0.15, 0.2) is 66.4 Å². The van der Waals surface area contributed by atoms with Gasteiger partial charge in [0.25, 0.3) is 0 Å². The average molecular weight is 382 g/mol. The number of carbonyl (C=O) groups is 1. The molecule has 0 amide bonds. The van der Waals surface area contributed by atoms with Crippen molar-refractivity contribution in [1.29, 1.82) is 0 Å². The third kappa shape index (κ3) is 8.12. The van der Waals surface area contributed by atoms with Crippen LogP contribution in [0.1, 0.15) is 83.1 Å². The van der Waals surface area contributed by atoms with Gasteiger partial charge in [-0.2, -0.15) is 0 Å². The summed E-state index contributed by atoms with van der Waals surface area (Å²) in [5.41, 5.74) is 11.2. The Bertz CT molecular complexity index is 709. The first-order valence-corrected chi connectivity index (χ1v) is 9.84. The minimum Gasteiger partial charge on any atom is -0.398 e.